The zero-order chi connectivity index (χ0) is 24.5. The number of halogens is 1. The van der Waals surface area contributed by atoms with E-state index >= 15 is 0 Å². The fourth-order valence-electron chi connectivity index (χ4n) is 3.24. The Morgan fingerprint density at radius 3 is 2.42 bits per heavy atom. The molecule has 0 radical (unpaired) electrons. The highest BCUT2D eigenvalue weighted by molar-refractivity contribution is 7.43. The molecule has 0 saturated heterocycles. The lowest BCUT2D eigenvalue weighted by molar-refractivity contribution is -0.697. The summed E-state index contributed by atoms with van der Waals surface area (Å²) in [5, 5.41) is 0. The van der Waals surface area contributed by atoms with Crippen molar-refractivity contribution in [1.82, 2.24) is 4.57 Å². The van der Waals surface area contributed by atoms with Gasteiger partial charge in [0.25, 0.3) is 7.82 Å². The Morgan fingerprint density at radius 2 is 1.85 bits per heavy atom. The van der Waals surface area contributed by atoms with E-state index < -0.39 is 7.82 Å². The summed E-state index contributed by atoms with van der Waals surface area (Å²) >= 11 is 7.69. The summed E-state index contributed by atoms with van der Waals surface area (Å²) in [4.78, 5) is 24.1. The number of rotatable bonds is 14. The van der Waals surface area contributed by atoms with Crippen molar-refractivity contribution < 1.29 is 28.5 Å². The number of hydrogen-bond acceptors (Lipinski definition) is 4. The number of phosphoric acid groups is 1. The van der Waals surface area contributed by atoms with Crippen LogP contribution in [0.4, 0.5) is 0 Å². The molecular formula is C23H36ClN2O5PS. The van der Waals surface area contributed by atoms with E-state index in [0.29, 0.717) is 6.61 Å². The van der Waals surface area contributed by atoms with Crippen molar-refractivity contribution in [2.75, 3.05) is 6.61 Å². The summed E-state index contributed by atoms with van der Waals surface area (Å²) in [6.07, 6.45) is 17.3. The molecule has 0 fully saturated rings. The number of imidazole rings is 1. The van der Waals surface area contributed by atoms with Gasteiger partial charge in [-0.05, 0) is 31.9 Å². The van der Waals surface area contributed by atoms with Crippen LogP contribution in [0.2, 0.25) is 4.34 Å². The predicted octanol–water partition coefficient (Wildman–Crippen LogP) is 4.85. The molecule has 2 aromatic heterocycles. The van der Waals surface area contributed by atoms with E-state index in [1.54, 1.807) is 11.3 Å². The Morgan fingerprint density at radius 1 is 1.21 bits per heavy atom. The molecule has 0 aromatic carbocycles. The van der Waals surface area contributed by atoms with Crippen molar-refractivity contribution >= 4 is 30.8 Å². The number of thiophene rings is 1. The Labute approximate surface area is 206 Å². The minimum Gasteiger partial charge on any atom is -0.756 e. The minimum absolute atomic E-state index is 0.0256. The monoisotopic (exact) mass is 518 g/mol. The van der Waals surface area contributed by atoms with Crippen LogP contribution in [0.3, 0.4) is 0 Å². The highest BCUT2D eigenvalue weighted by Crippen LogP contribution is 2.30. The molecule has 2 heterocycles. The predicted molar refractivity (Wildman–Crippen MR) is 131 cm³/mol. The Balaban J connectivity index is 0.000000981. The fraction of sp³-hybridized carbons (Fsp3) is 0.609. The molecule has 0 aliphatic rings. The Hall–Kier alpha value is -1.17. The summed E-state index contributed by atoms with van der Waals surface area (Å²) < 4.78 is 20.0. The topological polar surface area (TPSA) is 98.6 Å². The molecule has 0 amide bonds. The van der Waals surface area contributed by atoms with E-state index in [0.717, 1.165) is 22.3 Å². The minimum atomic E-state index is -4.89. The smallest absolute Gasteiger partial charge is 0.262 e. The average molecular weight is 519 g/mol. The summed E-state index contributed by atoms with van der Waals surface area (Å²) in [7, 11) is -4.89. The van der Waals surface area contributed by atoms with Crippen LogP contribution in [0.5, 0.6) is 0 Å². The van der Waals surface area contributed by atoms with Crippen molar-refractivity contribution in [1.29, 1.82) is 0 Å². The van der Waals surface area contributed by atoms with Crippen LogP contribution in [0.15, 0.2) is 30.9 Å². The first-order chi connectivity index (χ1) is 15.7. The van der Waals surface area contributed by atoms with E-state index in [1.165, 1.54) is 51.4 Å². The van der Waals surface area contributed by atoms with Gasteiger partial charge in [-0.2, -0.15) is 0 Å². The number of nitrogens with zero attached hydrogens (tertiary/aromatic N) is 2. The van der Waals surface area contributed by atoms with Crippen LogP contribution in [-0.4, -0.2) is 21.0 Å². The molecule has 0 spiro atoms. The largest absolute Gasteiger partial charge is 0.756 e. The normalized spacial score (nSPS) is 11.9. The molecule has 33 heavy (non-hydrogen) atoms. The summed E-state index contributed by atoms with van der Waals surface area (Å²) in [5.74, 6) is 5.87. The molecule has 2 rings (SSSR count). The lowest BCUT2D eigenvalue weighted by Crippen LogP contribution is -2.31. The maximum absolute atomic E-state index is 8.77. The third-order valence-corrected chi connectivity index (χ3v) is 6.16. The van der Waals surface area contributed by atoms with Crippen LogP contribution in [0.1, 0.15) is 76.2 Å². The zero-order valence-corrected chi connectivity index (χ0v) is 22.0. The van der Waals surface area contributed by atoms with Crippen LogP contribution >= 0.6 is 30.8 Å². The quantitative estimate of drug-likeness (QED) is 0.161. The second-order valence-corrected chi connectivity index (χ2v) is 10.4. The van der Waals surface area contributed by atoms with Crippen LogP contribution in [-0.2, 0) is 22.4 Å². The van der Waals surface area contributed by atoms with Gasteiger partial charge in [-0.25, -0.2) is 9.13 Å². The van der Waals surface area contributed by atoms with Crippen molar-refractivity contribution in [2.45, 2.75) is 84.4 Å². The molecule has 186 valence electrons. The van der Waals surface area contributed by atoms with Crippen molar-refractivity contribution in [3.05, 3.63) is 40.1 Å². The van der Waals surface area contributed by atoms with Gasteiger partial charge in [0, 0.05) is 4.88 Å². The number of unbranched alkanes of at least 4 members (excludes halogenated alkanes) is 7. The van der Waals surface area contributed by atoms with Gasteiger partial charge in [-0.15, -0.1) is 17.3 Å². The number of aryl methyl sites for hydroxylation is 1. The molecule has 0 bridgehead atoms. The molecule has 0 aliphatic carbocycles. The van der Waals surface area contributed by atoms with E-state index in [-0.39, 0.29) is 6.10 Å². The van der Waals surface area contributed by atoms with Crippen LogP contribution < -0.4 is 9.46 Å². The van der Waals surface area contributed by atoms with E-state index in [2.05, 4.69) is 52.7 Å². The highest BCUT2D eigenvalue weighted by Gasteiger charge is 2.18. The first-order valence-corrected chi connectivity index (χ1v) is 14.0. The maximum Gasteiger partial charge on any atom is 0.262 e. The summed E-state index contributed by atoms with van der Waals surface area (Å²) in [6.45, 7) is 6.40. The molecule has 1 atom stereocenters. The number of ether oxygens (including phenoxy) is 1. The summed E-state index contributed by atoms with van der Waals surface area (Å²) in [6, 6.07) is 3.98. The van der Waals surface area contributed by atoms with Gasteiger partial charge in [-0.3, -0.25) is 4.57 Å². The lowest BCUT2D eigenvalue weighted by atomic mass is 10.1. The van der Waals surface area contributed by atoms with Crippen molar-refractivity contribution in [2.24, 2.45) is 0 Å². The van der Waals surface area contributed by atoms with Gasteiger partial charge in [0.15, 0.2) is 0 Å². The third kappa shape index (κ3) is 16.2. The molecule has 0 saturated carbocycles. The van der Waals surface area contributed by atoms with E-state index in [1.807, 2.05) is 13.0 Å². The summed E-state index contributed by atoms with van der Waals surface area (Å²) in [5.41, 5.74) is 0. The Bertz CT molecular complexity index is 879. The molecule has 10 heteroatoms. The first-order valence-electron chi connectivity index (χ1n) is 11.3. The van der Waals surface area contributed by atoms with Crippen LogP contribution in [0, 0.1) is 11.8 Å². The van der Waals surface area contributed by atoms with Gasteiger partial charge < -0.3 is 19.4 Å². The zero-order valence-electron chi connectivity index (χ0n) is 19.5. The molecular weight excluding hydrogens is 483 g/mol. The standard InChI is InChI=1S/C23H34ClN2OS.H3O4P/c1-3-5-7-8-9-10-11-12-15-25-16-17-26(20-25)19-21(27-18-6-4-2)22-13-14-23(24)28-22;1-5(2,3)4/h13-14,16-17,20-21H,3,5,7-12,15,18-19H2,1-2H3;(H3,1,2,3,4)/q+1;/p-1. The van der Waals surface area contributed by atoms with Crippen LogP contribution in [0.25, 0.3) is 0 Å². The highest BCUT2D eigenvalue weighted by atomic mass is 35.5. The second-order valence-electron chi connectivity index (χ2n) is 7.68. The molecule has 2 N–H and O–H groups in total. The SMILES string of the molecule is CC#CCOC(Cn1cc[n+](CCCCCCCCCC)c1)c1ccc(Cl)s1.O=P([O-])(O)O. The lowest BCUT2D eigenvalue weighted by Gasteiger charge is -2.12. The van der Waals surface area contributed by atoms with E-state index in [9.17, 15) is 0 Å². The third-order valence-electron chi connectivity index (χ3n) is 4.84. The van der Waals surface area contributed by atoms with Gasteiger partial charge in [0.2, 0.25) is 6.33 Å². The fourth-order valence-corrected chi connectivity index (χ4v) is 4.34. The van der Waals surface area contributed by atoms with Crippen molar-refractivity contribution in [3.8, 4) is 11.8 Å². The molecule has 2 aromatic rings. The first kappa shape index (κ1) is 29.9. The van der Waals surface area contributed by atoms with Gasteiger partial charge >= 0.3 is 0 Å². The molecule has 0 aliphatic heterocycles. The van der Waals surface area contributed by atoms with Crippen molar-refractivity contribution in [3.63, 3.8) is 0 Å². The van der Waals surface area contributed by atoms with Gasteiger partial charge in [0.1, 0.15) is 31.6 Å². The number of hydrogen-bond donors (Lipinski definition) is 2. The maximum atomic E-state index is 8.77. The molecule has 7 nitrogen and oxygen atoms in total. The Kier molecular flexibility index (Phi) is 15.6. The number of aromatic nitrogens is 2. The second kappa shape index (κ2) is 17.3. The van der Waals surface area contributed by atoms with Gasteiger partial charge in [0.05, 0.1) is 10.9 Å². The van der Waals surface area contributed by atoms with E-state index in [4.69, 9.17) is 35.6 Å². The average Bonchev–Trinajstić information content (AvgIpc) is 3.37. The van der Waals surface area contributed by atoms with Gasteiger partial charge in [-0.1, -0.05) is 63.0 Å². The molecule has 1 unspecified atom stereocenters.